The Balaban J connectivity index is 1.70. The lowest BCUT2D eigenvalue weighted by atomic mass is 9.92. The van der Waals surface area contributed by atoms with Crippen LogP contribution in [0.4, 0.5) is 0 Å². The van der Waals surface area contributed by atoms with Crippen molar-refractivity contribution >= 4 is 23.3 Å². The van der Waals surface area contributed by atoms with Gasteiger partial charge in [0.2, 0.25) is 0 Å². The van der Waals surface area contributed by atoms with Crippen LogP contribution in [-0.4, -0.2) is 47.7 Å². The molecule has 0 spiro atoms. The van der Waals surface area contributed by atoms with E-state index in [4.69, 9.17) is 15.9 Å². The lowest BCUT2D eigenvalue weighted by molar-refractivity contribution is -0.146. The molecular formula is C25H28N4O4. The number of carbonyl (C=O) groups is 2. The molecule has 2 aromatic rings. The van der Waals surface area contributed by atoms with Crippen LogP contribution in [0, 0.1) is 11.3 Å². The first kappa shape index (κ1) is 23.7. The molecule has 0 aromatic heterocycles. The number of rotatable bonds is 8. The minimum atomic E-state index is -0.612. The molecule has 0 saturated heterocycles. The number of amides is 1. The highest BCUT2D eigenvalue weighted by atomic mass is 16.5. The van der Waals surface area contributed by atoms with E-state index in [-0.39, 0.29) is 11.7 Å². The van der Waals surface area contributed by atoms with Crippen LogP contribution >= 0.6 is 0 Å². The largest absolute Gasteiger partial charge is 0.469 e. The summed E-state index contributed by atoms with van der Waals surface area (Å²) in [4.78, 5) is 25.3. The van der Waals surface area contributed by atoms with Gasteiger partial charge in [0.1, 0.15) is 5.84 Å². The summed E-state index contributed by atoms with van der Waals surface area (Å²) >= 11 is 0. The Kier molecular flexibility index (Phi) is 7.63. The smallest absolute Gasteiger partial charge is 0.311 e. The fourth-order valence-corrected chi connectivity index (χ4v) is 3.64. The van der Waals surface area contributed by atoms with Crippen LogP contribution in [0.1, 0.15) is 34.0 Å². The van der Waals surface area contributed by atoms with Gasteiger partial charge < -0.3 is 15.8 Å². The predicted octanol–water partition coefficient (Wildman–Crippen LogP) is 2.72. The van der Waals surface area contributed by atoms with Crippen LogP contribution in [-0.2, 0) is 16.0 Å². The molecule has 2 atom stereocenters. The molecule has 1 heterocycles. The molecule has 0 saturated carbocycles. The summed E-state index contributed by atoms with van der Waals surface area (Å²) in [6.07, 6.45) is 5.59. The van der Waals surface area contributed by atoms with E-state index < -0.39 is 17.9 Å². The number of hydrogen-bond donors (Lipinski definition) is 4. The standard InChI is InChI=1S/C25H28N4O4/c1-16(22(25(31)33-2)15-17-4-3-5-21(14-17)23(26)27)28-24(30)20-8-6-18(7-9-20)19-10-12-29(32)13-11-19/h3-12,14,16,22,32H,13,15H2,1-2H3,(H3,26,27)(H,28,30)/t16-,22-/m1/s1. The number of amidine groups is 1. The molecule has 0 fully saturated rings. The fourth-order valence-electron chi connectivity index (χ4n) is 3.64. The summed E-state index contributed by atoms with van der Waals surface area (Å²) in [6, 6.07) is 13.7. The quantitative estimate of drug-likeness (QED) is 0.279. The number of benzene rings is 2. The first-order chi connectivity index (χ1) is 15.8. The molecule has 1 aliphatic rings. The molecular weight excluding hydrogens is 420 g/mol. The van der Waals surface area contributed by atoms with E-state index >= 15 is 0 Å². The number of nitrogens with one attached hydrogen (secondary N) is 2. The topological polar surface area (TPSA) is 129 Å². The minimum absolute atomic E-state index is 0.0515. The van der Waals surface area contributed by atoms with Crippen LogP contribution in [0.15, 0.2) is 66.9 Å². The van der Waals surface area contributed by atoms with Crippen molar-refractivity contribution in [1.29, 1.82) is 5.41 Å². The zero-order chi connectivity index (χ0) is 24.0. The number of ether oxygens (including phenoxy) is 1. The average molecular weight is 449 g/mol. The van der Waals surface area contributed by atoms with E-state index in [9.17, 15) is 14.8 Å². The van der Waals surface area contributed by atoms with Gasteiger partial charge in [0.05, 0.1) is 19.6 Å². The second-order valence-electron chi connectivity index (χ2n) is 7.88. The maximum Gasteiger partial charge on any atom is 0.311 e. The molecule has 0 radical (unpaired) electrons. The molecule has 0 aliphatic carbocycles. The van der Waals surface area contributed by atoms with E-state index in [0.717, 1.165) is 21.8 Å². The molecule has 0 unspecified atom stereocenters. The zero-order valence-corrected chi connectivity index (χ0v) is 18.6. The summed E-state index contributed by atoms with van der Waals surface area (Å²) in [5.41, 5.74) is 9.32. The van der Waals surface area contributed by atoms with Gasteiger partial charge in [-0.05, 0) is 54.3 Å². The summed E-state index contributed by atoms with van der Waals surface area (Å²) in [5.74, 6) is -1.39. The van der Waals surface area contributed by atoms with Crippen LogP contribution in [0.3, 0.4) is 0 Å². The molecule has 0 bridgehead atoms. The first-order valence-electron chi connectivity index (χ1n) is 10.5. The molecule has 1 aliphatic heterocycles. The lowest BCUT2D eigenvalue weighted by Crippen LogP contribution is -2.42. The van der Waals surface area contributed by atoms with Crippen LogP contribution in [0.2, 0.25) is 0 Å². The Hall–Kier alpha value is -3.91. The highest BCUT2D eigenvalue weighted by Crippen LogP contribution is 2.20. The fraction of sp³-hybridized carbons (Fsp3) is 0.240. The lowest BCUT2D eigenvalue weighted by Gasteiger charge is -2.23. The Bertz CT molecular complexity index is 1090. The Morgan fingerprint density at radius 1 is 1.21 bits per heavy atom. The molecule has 2 aromatic carbocycles. The van der Waals surface area contributed by atoms with Gasteiger partial charge in [-0.2, -0.15) is 0 Å². The Morgan fingerprint density at radius 3 is 2.55 bits per heavy atom. The van der Waals surface area contributed by atoms with Crippen LogP contribution in [0.5, 0.6) is 0 Å². The zero-order valence-electron chi connectivity index (χ0n) is 18.6. The number of hydrogen-bond acceptors (Lipinski definition) is 6. The molecule has 3 rings (SSSR count). The van der Waals surface area contributed by atoms with Crippen molar-refractivity contribution in [2.45, 2.75) is 19.4 Å². The second kappa shape index (κ2) is 10.6. The molecule has 8 nitrogen and oxygen atoms in total. The number of nitrogen functional groups attached to an aromatic ring is 1. The maximum atomic E-state index is 12.8. The number of nitrogens with zero attached hydrogens (tertiary/aromatic N) is 1. The summed E-state index contributed by atoms with van der Waals surface area (Å²) < 4.78 is 4.97. The van der Waals surface area contributed by atoms with Crippen molar-refractivity contribution in [3.63, 3.8) is 0 Å². The van der Waals surface area contributed by atoms with Gasteiger partial charge in [0.15, 0.2) is 0 Å². The molecule has 172 valence electrons. The average Bonchev–Trinajstić information content (AvgIpc) is 2.82. The molecule has 33 heavy (non-hydrogen) atoms. The third-order valence-corrected chi connectivity index (χ3v) is 5.56. The second-order valence-corrected chi connectivity index (χ2v) is 7.88. The minimum Gasteiger partial charge on any atom is -0.469 e. The van der Waals surface area contributed by atoms with E-state index in [1.807, 2.05) is 24.3 Å². The van der Waals surface area contributed by atoms with Crippen molar-refractivity contribution in [1.82, 2.24) is 10.4 Å². The summed E-state index contributed by atoms with van der Waals surface area (Å²) in [5, 5.41) is 21.0. The number of methoxy groups -OCH3 is 1. The number of carbonyl (C=O) groups excluding carboxylic acids is 2. The highest BCUT2D eigenvalue weighted by molar-refractivity contribution is 5.95. The molecule has 8 heteroatoms. The number of nitrogens with two attached hydrogens (primary N) is 1. The van der Waals surface area contributed by atoms with E-state index in [1.165, 1.54) is 7.11 Å². The highest BCUT2D eigenvalue weighted by Gasteiger charge is 2.28. The van der Waals surface area contributed by atoms with Crippen molar-refractivity contribution in [2.75, 3.05) is 13.7 Å². The van der Waals surface area contributed by atoms with Gasteiger partial charge in [-0.15, -0.1) is 0 Å². The Morgan fingerprint density at radius 2 is 1.94 bits per heavy atom. The monoisotopic (exact) mass is 448 g/mol. The first-order valence-corrected chi connectivity index (χ1v) is 10.5. The third-order valence-electron chi connectivity index (χ3n) is 5.56. The normalized spacial score (nSPS) is 14.8. The van der Waals surface area contributed by atoms with Gasteiger partial charge >= 0.3 is 5.97 Å². The van der Waals surface area contributed by atoms with Crippen molar-refractivity contribution in [3.05, 3.63) is 89.1 Å². The van der Waals surface area contributed by atoms with E-state index in [2.05, 4.69) is 5.32 Å². The van der Waals surface area contributed by atoms with Gasteiger partial charge in [-0.3, -0.25) is 25.3 Å². The maximum absolute atomic E-state index is 12.8. The van der Waals surface area contributed by atoms with E-state index in [0.29, 0.717) is 24.1 Å². The molecule has 5 N–H and O–H groups in total. The third kappa shape index (κ3) is 6.08. The number of esters is 1. The SMILES string of the molecule is COC(=O)[C@H](Cc1cccc(C(=N)N)c1)[C@@H](C)NC(=O)c1ccc(C2=CCN(O)C=C2)cc1. The van der Waals surface area contributed by atoms with Crippen LogP contribution in [0.25, 0.3) is 5.57 Å². The number of hydroxylamine groups is 2. The van der Waals surface area contributed by atoms with Crippen molar-refractivity contribution in [2.24, 2.45) is 11.7 Å². The number of allylic oxidation sites excluding steroid dienone is 2. The van der Waals surface area contributed by atoms with Gasteiger partial charge in [-0.1, -0.05) is 36.4 Å². The summed E-state index contributed by atoms with van der Waals surface area (Å²) in [7, 11) is 1.32. The van der Waals surface area contributed by atoms with Gasteiger partial charge in [0.25, 0.3) is 5.91 Å². The van der Waals surface area contributed by atoms with Crippen molar-refractivity contribution < 1.29 is 19.5 Å². The van der Waals surface area contributed by atoms with Crippen molar-refractivity contribution in [3.8, 4) is 0 Å². The van der Waals surface area contributed by atoms with Crippen LogP contribution < -0.4 is 11.1 Å². The van der Waals surface area contributed by atoms with Gasteiger partial charge in [-0.25, -0.2) is 0 Å². The summed E-state index contributed by atoms with van der Waals surface area (Å²) in [6.45, 7) is 2.16. The Labute approximate surface area is 192 Å². The van der Waals surface area contributed by atoms with E-state index in [1.54, 1.807) is 49.5 Å². The molecule has 1 amide bonds. The predicted molar refractivity (Wildman–Crippen MR) is 126 cm³/mol. The van der Waals surface area contributed by atoms with Gasteiger partial charge in [0, 0.05) is 23.4 Å².